The zero-order valence-electron chi connectivity index (χ0n) is 22.9. The van der Waals surface area contributed by atoms with Gasteiger partial charge in [-0.15, -0.1) is 0 Å². The van der Waals surface area contributed by atoms with Gasteiger partial charge in [-0.1, -0.05) is 59.6 Å². The van der Waals surface area contributed by atoms with Crippen LogP contribution in [0.5, 0.6) is 0 Å². The molecule has 7 atom stereocenters. The average molecular weight is 455 g/mol. The van der Waals surface area contributed by atoms with Gasteiger partial charge in [0.15, 0.2) is 0 Å². The molecule has 5 aliphatic rings. The number of hydrogen-bond donors (Lipinski definition) is 0. The second kappa shape index (κ2) is 7.36. The summed E-state index contributed by atoms with van der Waals surface area (Å²) in [7, 11) is 0. The smallest absolute Gasteiger partial charge is 0.302 e. The largest absolute Gasteiger partial charge is 0.462 e. The third-order valence-electron chi connectivity index (χ3n) is 12.4. The zero-order valence-corrected chi connectivity index (χ0v) is 22.9. The van der Waals surface area contributed by atoms with Crippen molar-refractivity contribution in [3.05, 3.63) is 11.1 Å². The second-order valence-corrected chi connectivity index (χ2v) is 15.1. The van der Waals surface area contributed by atoms with Crippen LogP contribution < -0.4 is 0 Å². The van der Waals surface area contributed by atoms with E-state index in [0.717, 1.165) is 18.3 Å². The fourth-order valence-electron chi connectivity index (χ4n) is 10.4. The number of carbonyl (C=O) groups excluding carboxylic acids is 1. The van der Waals surface area contributed by atoms with Crippen LogP contribution in [0.3, 0.4) is 0 Å². The molecule has 0 heterocycles. The van der Waals surface area contributed by atoms with Crippen LogP contribution in [-0.4, -0.2) is 12.1 Å². The van der Waals surface area contributed by atoms with Crippen molar-refractivity contribution >= 4 is 5.97 Å². The maximum Gasteiger partial charge on any atom is 0.302 e. The molecule has 3 saturated carbocycles. The predicted octanol–water partition coefficient (Wildman–Crippen LogP) is 8.49. The summed E-state index contributed by atoms with van der Waals surface area (Å²) in [6, 6.07) is 0. The molecule has 3 fully saturated rings. The van der Waals surface area contributed by atoms with Crippen molar-refractivity contribution in [1.29, 1.82) is 0 Å². The number of fused-ring (bicyclic) bond motifs is 6. The lowest BCUT2D eigenvalue weighted by Crippen LogP contribution is -2.57. The Morgan fingerprint density at radius 3 is 2.09 bits per heavy atom. The van der Waals surface area contributed by atoms with Gasteiger partial charge in [-0.3, -0.25) is 4.79 Å². The number of ether oxygens (including phenoxy) is 1. The molecular weight excluding hydrogens is 404 g/mol. The number of hydrogen-bond acceptors (Lipinski definition) is 2. The van der Waals surface area contributed by atoms with Gasteiger partial charge >= 0.3 is 5.97 Å². The van der Waals surface area contributed by atoms with Crippen molar-refractivity contribution < 1.29 is 9.53 Å². The highest BCUT2D eigenvalue weighted by molar-refractivity contribution is 5.66. The molecule has 0 unspecified atom stereocenters. The lowest BCUT2D eigenvalue weighted by molar-refractivity contribution is -0.167. The maximum atomic E-state index is 11.8. The van der Waals surface area contributed by atoms with Crippen molar-refractivity contribution in [3.63, 3.8) is 0 Å². The van der Waals surface area contributed by atoms with Crippen LogP contribution in [-0.2, 0) is 9.53 Å². The molecule has 0 aromatic heterocycles. The van der Waals surface area contributed by atoms with Crippen molar-refractivity contribution in [3.8, 4) is 0 Å². The normalized spacial score (nSPS) is 48.1. The topological polar surface area (TPSA) is 26.3 Å². The third-order valence-corrected chi connectivity index (χ3v) is 12.4. The highest BCUT2D eigenvalue weighted by Crippen LogP contribution is 2.71. The zero-order chi connectivity index (χ0) is 24.0. The summed E-state index contributed by atoms with van der Waals surface area (Å²) in [6.45, 7) is 19.3. The molecule has 33 heavy (non-hydrogen) atoms. The van der Waals surface area contributed by atoms with Crippen LogP contribution in [0.4, 0.5) is 0 Å². The van der Waals surface area contributed by atoms with Gasteiger partial charge < -0.3 is 4.74 Å². The predicted molar refractivity (Wildman–Crippen MR) is 136 cm³/mol. The summed E-state index contributed by atoms with van der Waals surface area (Å²) in [5, 5.41) is 0. The molecule has 2 nitrogen and oxygen atoms in total. The highest BCUT2D eigenvalue weighted by Gasteiger charge is 2.61. The van der Waals surface area contributed by atoms with Crippen LogP contribution in [0, 0.1) is 44.8 Å². The first kappa shape index (κ1) is 23.9. The first-order valence-electron chi connectivity index (χ1n) is 14.1. The molecule has 0 N–H and O–H groups in total. The van der Waals surface area contributed by atoms with Gasteiger partial charge in [-0.05, 0) is 110 Å². The Balaban J connectivity index is 1.50. The molecule has 0 bridgehead atoms. The summed E-state index contributed by atoms with van der Waals surface area (Å²) >= 11 is 0. The van der Waals surface area contributed by atoms with Crippen molar-refractivity contribution in [1.82, 2.24) is 0 Å². The minimum atomic E-state index is -0.110. The van der Waals surface area contributed by atoms with Gasteiger partial charge in [0.1, 0.15) is 6.10 Å². The highest BCUT2D eigenvalue weighted by atomic mass is 16.5. The van der Waals surface area contributed by atoms with Crippen LogP contribution in [0.15, 0.2) is 11.1 Å². The van der Waals surface area contributed by atoms with Gasteiger partial charge in [0.05, 0.1) is 0 Å². The first-order valence-corrected chi connectivity index (χ1v) is 14.1. The van der Waals surface area contributed by atoms with Gasteiger partial charge in [0, 0.05) is 12.3 Å². The lowest BCUT2D eigenvalue weighted by Gasteiger charge is -2.65. The van der Waals surface area contributed by atoms with Crippen molar-refractivity contribution in [2.75, 3.05) is 0 Å². The molecule has 0 spiro atoms. The molecule has 0 radical (unpaired) electrons. The molecule has 186 valence electrons. The fourth-order valence-corrected chi connectivity index (χ4v) is 10.4. The quantitative estimate of drug-likeness (QED) is 0.293. The van der Waals surface area contributed by atoms with Crippen molar-refractivity contribution in [2.24, 2.45) is 44.8 Å². The molecule has 0 aromatic rings. The molecule has 2 heteroatoms. The average Bonchev–Trinajstić information content (AvgIpc) is 2.71. The number of allylic oxidation sites excluding steroid dienone is 2. The standard InChI is InChI=1S/C31H50O2/c1-20(32)33-26-13-14-31(8)22-9-10-23-24-19-27(2,3)15-16-29(24,6)17-18-30(23,7)21(22)11-12-25(31)28(26,4)5/h23-26H,9-19H2,1-8H3/t23-,24-,25-,26-,29+,30+,31+/m0/s1. The second-order valence-electron chi connectivity index (χ2n) is 15.1. The van der Waals surface area contributed by atoms with E-state index >= 15 is 0 Å². The lowest BCUT2D eigenvalue weighted by atomic mass is 9.40. The van der Waals surface area contributed by atoms with E-state index < -0.39 is 0 Å². The SMILES string of the molecule is CC(=O)O[C@H]1CC[C@]2(C)C3=C(CC[C@H]2C1(C)C)[C@@]1(C)CC[C@@]2(C)CCC(C)(C)C[C@H]2[C@@H]1CC3. The van der Waals surface area contributed by atoms with Crippen LogP contribution in [0.25, 0.3) is 0 Å². The van der Waals surface area contributed by atoms with Crippen LogP contribution in [0.1, 0.15) is 126 Å². The summed E-state index contributed by atoms with van der Waals surface area (Å²) < 4.78 is 5.88. The van der Waals surface area contributed by atoms with E-state index in [1.807, 2.05) is 11.1 Å². The maximum absolute atomic E-state index is 11.8. The molecule has 0 amide bonds. The molecule has 5 rings (SSSR count). The molecule has 0 aliphatic heterocycles. The molecule has 0 aromatic carbocycles. The van der Waals surface area contributed by atoms with E-state index in [9.17, 15) is 4.79 Å². The van der Waals surface area contributed by atoms with E-state index in [1.54, 1.807) is 6.92 Å². The van der Waals surface area contributed by atoms with Gasteiger partial charge in [0.2, 0.25) is 0 Å². The number of esters is 1. The van der Waals surface area contributed by atoms with Gasteiger partial charge in [-0.25, -0.2) is 0 Å². The Kier molecular flexibility index (Phi) is 5.34. The summed E-state index contributed by atoms with van der Waals surface area (Å²) in [6.07, 6.45) is 14.7. The van der Waals surface area contributed by atoms with Gasteiger partial charge in [-0.2, -0.15) is 0 Å². The fraction of sp³-hybridized carbons (Fsp3) is 0.903. The van der Waals surface area contributed by atoms with E-state index in [2.05, 4.69) is 48.5 Å². The minimum Gasteiger partial charge on any atom is -0.462 e. The Labute approximate surface area is 203 Å². The van der Waals surface area contributed by atoms with Crippen LogP contribution >= 0.6 is 0 Å². The number of carbonyl (C=O) groups is 1. The number of rotatable bonds is 1. The van der Waals surface area contributed by atoms with E-state index in [0.29, 0.717) is 22.2 Å². The molecule has 5 aliphatic carbocycles. The Bertz CT molecular complexity index is 864. The van der Waals surface area contributed by atoms with E-state index in [-0.39, 0.29) is 22.9 Å². The summed E-state index contributed by atoms with van der Waals surface area (Å²) in [5.74, 6) is 2.28. The van der Waals surface area contributed by atoms with E-state index in [4.69, 9.17) is 4.74 Å². The van der Waals surface area contributed by atoms with Crippen molar-refractivity contribution in [2.45, 2.75) is 132 Å². The third kappa shape index (κ3) is 3.42. The monoisotopic (exact) mass is 454 g/mol. The summed E-state index contributed by atoms with van der Waals surface area (Å²) in [5.41, 5.74) is 5.58. The molecular formula is C31H50O2. The Hall–Kier alpha value is -0.790. The Morgan fingerprint density at radius 1 is 0.758 bits per heavy atom. The molecule has 0 saturated heterocycles. The van der Waals surface area contributed by atoms with Crippen LogP contribution in [0.2, 0.25) is 0 Å². The van der Waals surface area contributed by atoms with E-state index in [1.165, 1.54) is 64.2 Å². The van der Waals surface area contributed by atoms with Gasteiger partial charge in [0.25, 0.3) is 0 Å². The Morgan fingerprint density at radius 2 is 1.39 bits per heavy atom. The minimum absolute atomic E-state index is 0.0491. The first-order chi connectivity index (χ1) is 15.2. The summed E-state index contributed by atoms with van der Waals surface area (Å²) in [4.78, 5) is 11.8.